The van der Waals surface area contributed by atoms with Crippen LogP contribution >= 0.6 is 0 Å². The number of aromatic hydroxyl groups is 1. The Morgan fingerprint density at radius 1 is 1.35 bits per heavy atom. The second kappa shape index (κ2) is 7.75. The van der Waals surface area contributed by atoms with E-state index < -0.39 is 0 Å². The molecule has 5 heteroatoms. The third-order valence-electron chi connectivity index (χ3n) is 2.99. The molecule has 1 aromatic carbocycles. The Labute approximate surface area is 119 Å². The van der Waals surface area contributed by atoms with Gasteiger partial charge in [0.2, 0.25) is 0 Å². The van der Waals surface area contributed by atoms with E-state index >= 15 is 0 Å². The first-order valence-corrected chi connectivity index (χ1v) is 6.65. The lowest BCUT2D eigenvalue weighted by Gasteiger charge is -2.18. The van der Waals surface area contributed by atoms with Gasteiger partial charge in [-0.25, -0.2) is 0 Å². The molecule has 0 heterocycles. The Bertz CT molecular complexity index is 445. The number of methoxy groups -OCH3 is 2. The number of carbonyl (C=O) groups is 1. The summed E-state index contributed by atoms with van der Waals surface area (Å²) >= 11 is 0. The SMILES string of the molecule is COC(=O)C(CC(C)C)NCc1ccc(OC)c(O)c1. The predicted octanol–water partition coefficient (Wildman–Crippen LogP) is 2.08. The standard InChI is InChI=1S/C15H23NO4/c1-10(2)7-12(15(18)20-4)16-9-11-5-6-14(19-3)13(17)8-11/h5-6,8,10,12,16-17H,7,9H2,1-4H3. The van der Waals surface area contributed by atoms with Gasteiger partial charge in [0.15, 0.2) is 11.5 Å². The molecule has 0 saturated carbocycles. The molecule has 20 heavy (non-hydrogen) atoms. The Kier molecular flexibility index (Phi) is 6.31. The first kappa shape index (κ1) is 16.3. The maximum atomic E-state index is 11.7. The molecule has 0 spiro atoms. The highest BCUT2D eigenvalue weighted by Gasteiger charge is 2.19. The molecule has 0 aliphatic carbocycles. The number of phenolic OH excluding ortho intramolecular Hbond substituents is 1. The van der Waals surface area contributed by atoms with Crippen molar-refractivity contribution in [2.24, 2.45) is 5.92 Å². The van der Waals surface area contributed by atoms with E-state index in [-0.39, 0.29) is 17.8 Å². The summed E-state index contributed by atoms with van der Waals surface area (Å²) in [7, 11) is 2.89. The molecule has 0 aliphatic heterocycles. The van der Waals surface area contributed by atoms with E-state index in [2.05, 4.69) is 19.2 Å². The number of hydrogen-bond donors (Lipinski definition) is 2. The van der Waals surface area contributed by atoms with Crippen molar-refractivity contribution < 1.29 is 19.4 Å². The summed E-state index contributed by atoms with van der Waals surface area (Å²) < 4.78 is 9.78. The zero-order chi connectivity index (χ0) is 15.1. The summed E-state index contributed by atoms with van der Waals surface area (Å²) in [6.07, 6.45) is 0.703. The molecule has 112 valence electrons. The van der Waals surface area contributed by atoms with E-state index in [1.54, 1.807) is 12.1 Å². The van der Waals surface area contributed by atoms with Crippen molar-refractivity contribution in [3.8, 4) is 11.5 Å². The highest BCUT2D eigenvalue weighted by molar-refractivity contribution is 5.75. The zero-order valence-electron chi connectivity index (χ0n) is 12.5. The predicted molar refractivity (Wildman–Crippen MR) is 76.8 cm³/mol. The van der Waals surface area contributed by atoms with E-state index in [4.69, 9.17) is 9.47 Å². The topological polar surface area (TPSA) is 67.8 Å². The van der Waals surface area contributed by atoms with Gasteiger partial charge in [-0.05, 0) is 30.0 Å². The van der Waals surface area contributed by atoms with Crippen molar-refractivity contribution in [3.63, 3.8) is 0 Å². The van der Waals surface area contributed by atoms with Crippen LogP contribution < -0.4 is 10.1 Å². The maximum Gasteiger partial charge on any atom is 0.322 e. The summed E-state index contributed by atoms with van der Waals surface area (Å²) in [6, 6.07) is 4.82. The molecule has 2 N–H and O–H groups in total. The number of carbonyl (C=O) groups excluding carboxylic acids is 1. The van der Waals surface area contributed by atoms with Crippen LogP contribution in [0.15, 0.2) is 18.2 Å². The van der Waals surface area contributed by atoms with Gasteiger partial charge >= 0.3 is 5.97 Å². The summed E-state index contributed by atoms with van der Waals surface area (Å²) in [4.78, 5) is 11.7. The van der Waals surface area contributed by atoms with Crippen molar-refractivity contribution in [3.05, 3.63) is 23.8 Å². The zero-order valence-corrected chi connectivity index (χ0v) is 12.5. The van der Waals surface area contributed by atoms with E-state index in [1.165, 1.54) is 14.2 Å². The lowest BCUT2D eigenvalue weighted by molar-refractivity contribution is -0.143. The van der Waals surface area contributed by atoms with Crippen LogP contribution in [-0.4, -0.2) is 31.3 Å². The van der Waals surface area contributed by atoms with Crippen molar-refractivity contribution >= 4 is 5.97 Å². The second-order valence-corrected chi connectivity index (χ2v) is 5.09. The highest BCUT2D eigenvalue weighted by atomic mass is 16.5. The second-order valence-electron chi connectivity index (χ2n) is 5.09. The fourth-order valence-corrected chi connectivity index (χ4v) is 1.96. The third kappa shape index (κ3) is 4.74. The van der Waals surface area contributed by atoms with Crippen LogP contribution in [0.4, 0.5) is 0 Å². The molecule has 0 radical (unpaired) electrons. The Morgan fingerprint density at radius 2 is 2.05 bits per heavy atom. The van der Waals surface area contributed by atoms with Gasteiger partial charge in [-0.15, -0.1) is 0 Å². The van der Waals surface area contributed by atoms with E-state index in [0.717, 1.165) is 5.56 Å². The lowest BCUT2D eigenvalue weighted by atomic mass is 10.0. The highest BCUT2D eigenvalue weighted by Crippen LogP contribution is 2.26. The van der Waals surface area contributed by atoms with Crippen molar-refractivity contribution in [2.75, 3.05) is 14.2 Å². The minimum Gasteiger partial charge on any atom is -0.504 e. The molecule has 0 aliphatic rings. The normalized spacial score (nSPS) is 12.2. The first-order valence-electron chi connectivity index (χ1n) is 6.65. The van der Waals surface area contributed by atoms with Crippen LogP contribution in [-0.2, 0) is 16.1 Å². The average Bonchev–Trinajstić information content (AvgIpc) is 2.42. The fourth-order valence-electron chi connectivity index (χ4n) is 1.96. The van der Waals surface area contributed by atoms with Gasteiger partial charge in [-0.3, -0.25) is 4.79 Å². The Morgan fingerprint density at radius 3 is 2.55 bits per heavy atom. The van der Waals surface area contributed by atoms with Gasteiger partial charge in [0, 0.05) is 6.54 Å². The molecular formula is C15H23NO4. The van der Waals surface area contributed by atoms with Crippen LogP contribution in [0.5, 0.6) is 11.5 Å². The summed E-state index contributed by atoms with van der Waals surface area (Å²) in [5, 5.41) is 12.9. The van der Waals surface area contributed by atoms with E-state index in [1.807, 2.05) is 6.07 Å². The molecule has 0 fully saturated rings. The van der Waals surface area contributed by atoms with Crippen LogP contribution in [0.3, 0.4) is 0 Å². The third-order valence-corrected chi connectivity index (χ3v) is 2.99. The molecule has 1 atom stereocenters. The van der Waals surface area contributed by atoms with Crippen LogP contribution in [0.25, 0.3) is 0 Å². The first-order chi connectivity index (χ1) is 9.47. The van der Waals surface area contributed by atoms with Crippen molar-refractivity contribution in [1.29, 1.82) is 0 Å². The molecule has 0 saturated heterocycles. The van der Waals surface area contributed by atoms with Gasteiger partial charge in [0.1, 0.15) is 6.04 Å². The smallest absolute Gasteiger partial charge is 0.322 e. The molecule has 5 nitrogen and oxygen atoms in total. The minimum absolute atomic E-state index is 0.0882. The van der Waals surface area contributed by atoms with Gasteiger partial charge in [-0.2, -0.15) is 0 Å². The molecule has 1 aromatic rings. The van der Waals surface area contributed by atoms with Gasteiger partial charge in [0.25, 0.3) is 0 Å². The van der Waals surface area contributed by atoms with Crippen molar-refractivity contribution in [2.45, 2.75) is 32.9 Å². The summed E-state index contributed by atoms with van der Waals surface area (Å²) in [5.74, 6) is 0.637. The van der Waals surface area contributed by atoms with Gasteiger partial charge in [0.05, 0.1) is 14.2 Å². The van der Waals surface area contributed by atoms with Crippen molar-refractivity contribution in [1.82, 2.24) is 5.32 Å². The molecule has 0 bridgehead atoms. The number of ether oxygens (including phenoxy) is 2. The average molecular weight is 281 g/mol. The van der Waals surface area contributed by atoms with Crippen LogP contribution in [0, 0.1) is 5.92 Å². The molecule has 1 unspecified atom stereocenters. The quantitative estimate of drug-likeness (QED) is 0.749. The number of hydrogen-bond acceptors (Lipinski definition) is 5. The summed E-state index contributed by atoms with van der Waals surface area (Å²) in [5.41, 5.74) is 0.876. The van der Waals surface area contributed by atoms with Gasteiger partial charge in [-0.1, -0.05) is 19.9 Å². The molecule has 0 amide bonds. The number of nitrogens with one attached hydrogen (secondary N) is 1. The maximum absolute atomic E-state index is 11.7. The number of benzene rings is 1. The monoisotopic (exact) mass is 281 g/mol. The van der Waals surface area contributed by atoms with Crippen LogP contribution in [0.2, 0.25) is 0 Å². The summed E-state index contributed by atoms with van der Waals surface area (Å²) in [6.45, 7) is 4.58. The molecular weight excluding hydrogens is 258 g/mol. The number of rotatable bonds is 7. The minimum atomic E-state index is -0.343. The fraction of sp³-hybridized carbons (Fsp3) is 0.533. The molecule has 1 rings (SSSR count). The Hall–Kier alpha value is -1.75. The Balaban J connectivity index is 2.67. The lowest BCUT2D eigenvalue weighted by Crippen LogP contribution is -2.38. The van der Waals surface area contributed by atoms with Gasteiger partial charge < -0.3 is 19.9 Å². The number of phenols is 1. The van der Waals surface area contributed by atoms with Crippen LogP contribution in [0.1, 0.15) is 25.8 Å². The largest absolute Gasteiger partial charge is 0.504 e. The van der Waals surface area contributed by atoms with E-state index in [0.29, 0.717) is 24.6 Å². The number of esters is 1. The molecule has 0 aromatic heterocycles. The van der Waals surface area contributed by atoms with E-state index in [9.17, 15) is 9.90 Å².